The molecule has 6 heteroatoms. The van der Waals surface area contributed by atoms with Crippen LogP contribution in [0.3, 0.4) is 0 Å². The zero-order valence-corrected chi connectivity index (χ0v) is 8.57. The van der Waals surface area contributed by atoms with Crippen LogP contribution in [0.15, 0.2) is 4.34 Å². The van der Waals surface area contributed by atoms with Gasteiger partial charge in [0, 0.05) is 0 Å². The molecule has 0 N–H and O–H groups in total. The maximum absolute atomic E-state index is 11.4. The van der Waals surface area contributed by atoms with Crippen molar-refractivity contribution in [3.8, 4) is 0 Å². The van der Waals surface area contributed by atoms with Crippen LogP contribution >= 0.6 is 11.5 Å². The fourth-order valence-electron chi connectivity index (χ4n) is 0.760. The molecule has 68 valence electrons. The Morgan fingerprint density at radius 2 is 2.17 bits per heavy atom. The van der Waals surface area contributed by atoms with Gasteiger partial charge in [-0.15, -0.1) is 0 Å². The van der Waals surface area contributed by atoms with Gasteiger partial charge in [0.05, 0.1) is 5.75 Å². The molecule has 0 spiro atoms. The molecule has 0 amide bonds. The smallest absolute Gasteiger partial charge is 0.221 e. The predicted molar refractivity (Wildman–Crippen MR) is 47.0 cm³/mol. The summed E-state index contributed by atoms with van der Waals surface area (Å²) >= 11 is 0.947. The summed E-state index contributed by atoms with van der Waals surface area (Å²) < 4.78 is 26.7. The Hall–Kier alpha value is -0.490. The highest BCUT2D eigenvalue weighted by Gasteiger charge is 2.17. The molecule has 0 unspecified atom stereocenters. The Kier molecular flexibility index (Phi) is 2.79. The lowest BCUT2D eigenvalue weighted by molar-refractivity contribution is 0.593. The minimum atomic E-state index is -3.14. The van der Waals surface area contributed by atoms with Crippen molar-refractivity contribution in [1.29, 1.82) is 0 Å². The number of sulfone groups is 1. The Labute approximate surface area is 75.7 Å². The lowest BCUT2D eigenvalue weighted by atomic mass is 10.6. The van der Waals surface area contributed by atoms with Gasteiger partial charge in [0.25, 0.3) is 0 Å². The summed E-state index contributed by atoms with van der Waals surface area (Å²) in [5.41, 5.74) is 0. The average Bonchev–Trinajstić information content (AvgIpc) is 2.36. The third-order valence-electron chi connectivity index (χ3n) is 1.25. The topological polar surface area (TPSA) is 59.9 Å². The zero-order chi connectivity index (χ0) is 9.19. The van der Waals surface area contributed by atoms with Gasteiger partial charge in [-0.25, -0.2) is 13.4 Å². The van der Waals surface area contributed by atoms with Gasteiger partial charge >= 0.3 is 0 Å². The number of rotatable bonds is 3. The summed E-state index contributed by atoms with van der Waals surface area (Å²) in [5.74, 6) is 0.677. The highest BCUT2D eigenvalue weighted by molar-refractivity contribution is 7.93. The molecular formula is C6H10N2O2S2. The van der Waals surface area contributed by atoms with Crippen molar-refractivity contribution in [2.75, 3.05) is 5.75 Å². The fraction of sp³-hybridized carbons (Fsp3) is 0.667. The summed E-state index contributed by atoms with van der Waals surface area (Å²) in [7, 11) is -3.14. The van der Waals surface area contributed by atoms with E-state index in [1.165, 1.54) is 0 Å². The van der Waals surface area contributed by atoms with E-state index >= 15 is 0 Å². The Balaban J connectivity index is 2.98. The van der Waals surface area contributed by atoms with Crippen molar-refractivity contribution in [2.45, 2.75) is 24.6 Å². The second-order valence-electron chi connectivity index (χ2n) is 2.43. The first-order valence-electron chi connectivity index (χ1n) is 3.59. The molecule has 12 heavy (non-hydrogen) atoms. The minimum absolute atomic E-state index is 0.141. The highest BCUT2D eigenvalue weighted by Crippen LogP contribution is 2.13. The molecule has 1 rings (SSSR count). The molecule has 4 nitrogen and oxygen atoms in total. The predicted octanol–water partition coefficient (Wildman–Crippen LogP) is 1.03. The number of aromatic nitrogens is 2. The standard InChI is InChI=1S/C6H10N2O2S2/c1-3-4-12(9,10)6-7-5(2)8-11-6/h3-4H2,1-2H3. The van der Waals surface area contributed by atoms with E-state index in [2.05, 4.69) is 9.36 Å². The molecular weight excluding hydrogens is 196 g/mol. The van der Waals surface area contributed by atoms with Gasteiger partial charge in [-0.05, 0) is 24.9 Å². The maximum Gasteiger partial charge on any atom is 0.228 e. The molecule has 0 aliphatic rings. The van der Waals surface area contributed by atoms with Crippen LogP contribution in [-0.4, -0.2) is 23.5 Å². The fourth-order valence-corrected chi connectivity index (χ4v) is 2.98. The van der Waals surface area contributed by atoms with E-state index in [1.807, 2.05) is 6.92 Å². The molecule has 1 heterocycles. The molecule has 1 aromatic rings. The van der Waals surface area contributed by atoms with E-state index in [4.69, 9.17) is 0 Å². The average molecular weight is 206 g/mol. The van der Waals surface area contributed by atoms with E-state index in [1.54, 1.807) is 6.92 Å². The minimum Gasteiger partial charge on any atom is -0.221 e. The highest BCUT2D eigenvalue weighted by atomic mass is 32.2. The molecule has 1 aromatic heterocycles. The van der Waals surface area contributed by atoms with Crippen molar-refractivity contribution in [3.63, 3.8) is 0 Å². The zero-order valence-electron chi connectivity index (χ0n) is 6.94. The van der Waals surface area contributed by atoms with E-state index in [0.29, 0.717) is 12.2 Å². The third kappa shape index (κ3) is 2.01. The summed E-state index contributed by atoms with van der Waals surface area (Å²) in [6, 6.07) is 0. The number of nitrogens with zero attached hydrogens (tertiary/aromatic N) is 2. The van der Waals surface area contributed by atoms with Gasteiger partial charge in [-0.1, -0.05) is 6.92 Å². The Morgan fingerprint density at radius 1 is 1.50 bits per heavy atom. The molecule has 0 bridgehead atoms. The van der Waals surface area contributed by atoms with E-state index in [-0.39, 0.29) is 10.1 Å². The molecule has 0 atom stereocenters. The first-order valence-corrected chi connectivity index (χ1v) is 6.02. The molecule has 0 aliphatic heterocycles. The van der Waals surface area contributed by atoms with Crippen LogP contribution in [0.2, 0.25) is 0 Å². The van der Waals surface area contributed by atoms with E-state index in [0.717, 1.165) is 11.5 Å². The summed E-state index contributed by atoms with van der Waals surface area (Å²) in [4.78, 5) is 3.82. The second-order valence-corrected chi connectivity index (χ2v) is 5.46. The number of aryl methyl sites for hydroxylation is 1. The van der Waals surface area contributed by atoms with Crippen LogP contribution in [0, 0.1) is 6.92 Å². The number of hydrogen-bond donors (Lipinski definition) is 0. The van der Waals surface area contributed by atoms with Crippen LogP contribution in [0.1, 0.15) is 19.2 Å². The Bertz CT molecular complexity index is 355. The molecule has 0 aliphatic carbocycles. The first-order chi connectivity index (χ1) is 5.56. The second kappa shape index (κ2) is 3.49. The van der Waals surface area contributed by atoms with E-state index in [9.17, 15) is 8.42 Å². The molecule has 0 saturated heterocycles. The van der Waals surface area contributed by atoms with Crippen molar-refractivity contribution in [3.05, 3.63) is 5.82 Å². The summed E-state index contributed by atoms with van der Waals surface area (Å²) in [6.45, 7) is 3.51. The van der Waals surface area contributed by atoms with Crippen LogP contribution in [-0.2, 0) is 9.84 Å². The van der Waals surface area contributed by atoms with Gasteiger partial charge in [0.1, 0.15) is 5.82 Å². The first kappa shape index (κ1) is 9.60. The van der Waals surface area contributed by atoms with Gasteiger partial charge in [-0.2, -0.15) is 4.37 Å². The third-order valence-corrected chi connectivity index (χ3v) is 4.41. The Morgan fingerprint density at radius 3 is 2.58 bits per heavy atom. The van der Waals surface area contributed by atoms with Crippen molar-refractivity contribution < 1.29 is 8.42 Å². The number of hydrogen-bond acceptors (Lipinski definition) is 5. The summed E-state index contributed by atoms with van der Waals surface area (Å²) in [5, 5.41) is 0. The normalized spacial score (nSPS) is 11.8. The quantitative estimate of drug-likeness (QED) is 0.741. The SMILES string of the molecule is CCCS(=O)(=O)c1nc(C)ns1. The maximum atomic E-state index is 11.4. The monoisotopic (exact) mass is 206 g/mol. The lowest BCUT2D eigenvalue weighted by Gasteiger charge is -1.94. The van der Waals surface area contributed by atoms with Gasteiger partial charge in [0.2, 0.25) is 14.2 Å². The van der Waals surface area contributed by atoms with Crippen molar-refractivity contribution in [2.24, 2.45) is 0 Å². The lowest BCUT2D eigenvalue weighted by Crippen LogP contribution is -2.05. The largest absolute Gasteiger partial charge is 0.228 e. The molecule has 0 fully saturated rings. The summed E-state index contributed by atoms with van der Waals surface area (Å²) in [6.07, 6.45) is 0.612. The van der Waals surface area contributed by atoms with Crippen LogP contribution in [0.25, 0.3) is 0 Å². The van der Waals surface area contributed by atoms with Gasteiger partial charge < -0.3 is 0 Å². The van der Waals surface area contributed by atoms with E-state index < -0.39 is 9.84 Å². The van der Waals surface area contributed by atoms with Crippen LogP contribution in [0.4, 0.5) is 0 Å². The van der Waals surface area contributed by atoms with Crippen molar-refractivity contribution >= 4 is 21.4 Å². The molecule has 0 aromatic carbocycles. The molecule has 0 radical (unpaired) electrons. The van der Waals surface area contributed by atoms with Crippen molar-refractivity contribution in [1.82, 2.24) is 9.36 Å². The van der Waals surface area contributed by atoms with Crippen LogP contribution in [0.5, 0.6) is 0 Å². The van der Waals surface area contributed by atoms with Crippen LogP contribution < -0.4 is 0 Å². The van der Waals surface area contributed by atoms with Gasteiger partial charge in [-0.3, -0.25) is 0 Å². The van der Waals surface area contributed by atoms with Gasteiger partial charge in [0.15, 0.2) is 0 Å². The molecule has 0 saturated carbocycles.